The fourth-order valence-electron chi connectivity index (χ4n) is 4.75. The first kappa shape index (κ1) is 23.6. The maximum Gasteiger partial charge on any atom is 0.416 e. The molecule has 0 fully saturated rings. The van der Waals surface area contributed by atoms with Crippen LogP contribution in [0.4, 0.5) is 23.4 Å². The van der Waals surface area contributed by atoms with E-state index in [1.807, 2.05) is 0 Å². The average Bonchev–Trinajstić information content (AvgIpc) is 3.62. The topological polar surface area (TPSA) is 90.6 Å². The number of pyridine rings is 1. The second kappa shape index (κ2) is 8.67. The lowest BCUT2D eigenvalue weighted by Crippen LogP contribution is -2.36. The van der Waals surface area contributed by atoms with Gasteiger partial charge in [-0.25, -0.2) is 14.4 Å². The molecule has 2 N–H and O–H groups in total. The molecule has 37 heavy (non-hydrogen) atoms. The number of ether oxygens (including phenoxy) is 2. The number of hydrogen-bond acceptors (Lipinski definition) is 7. The molecule has 1 amide bonds. The molecule has 1 atom stereocenters. The Morgan fingerprint density at radius 3 is 2.76 bits per heavy atom. The Hall–Kier alpha value is -3.77. The van der Waals surface area contributed by atoms with Crippen molar-refractivity contribution in [2.75, 3.05) is 12.3 Å². The maximum absolute atomic E-state index is 15.3. The van der Waals surface area contributed by atoms with E-state index in [0.717, 1.165) is 23.8 Å². The van der Waals surface area contributed by atoms with E-state index in [4.69, 9.17) is 15.2 Å². The molecule has 0 aliphatic carbocycles. The molecule has 190 valence electrons. The van der Waals surface area contributed by atoms with Crippen molar-refractivity contribution < 1.29 is 31.8 Å². The average molecular weight is 531 g/mol. The standard InChI is InChI=1S/C25H18F4N4O3S/c26-19-5-20-15(17-7-35-8-18(17)23(30)32-20)4-16(19)24(34)33(6-13-10-37-11-31-13)21-9-36-22-3-12(25(27,28)29)1-2-14(21)22/h1-5,10-11,21H,6-9H2,(H2,30,32). The number of nitrogens with two attached hydrogens (primary N) is 1. The number of rotatable bonds is 4. The number of halogens is 4. The number of carbonyl (C=O) groups is 1. The summed E-state index contributed by atoms with van der Waals surface area (Å²) in [6, 6.07) is 5.00. The van der Waals surface area contributed by atoms with Gasteiger partial charge < -0.3 is 20.1 Å². The summed E-state index contributed by atoms with van der Waals surface area (Å²) in [5.74, 6) is -1.16. The SMILES string of the molecule is Nc1nc2cc(F)c(C(=O)N(Cc3cscn3)C3COc4cc(C(F)(F)F)ccc43)cc2c2c1COC2. The normalized spacial score (nSPS) is 16.5. The second-order valence-corrected chi connectivity index (χ2v) is 9.50. The highest BCUT2D eigenvalue weighted by molar-refractivity contribution is 7.07. The lowest BCUT2D eigenvalue weighted by Gasteiger charge is -2.28. The number of hydrogen-bond donors (Lipinski definition) is 1. The van der Waals surface area contributed by atoms with Crippen LogP contribution in [0, 0.1) is 5.82 Å². The van der Waals surface area contributed by atoms with E-state index < -0.39 is 29.5 Å². The fourth-order valence-corrected chi connectivity index (χ4v) is 5.30. The quantitative estimate of drug-likeness (QED) is 0.363. The van der Waals surface area contributed by atoms with E-state index in [0.29, 0.717) is 27.7 Å². The number of benzene rings is 2. The van der Waals surface area contributed by atoms with Crippen LogP contribution < -0.4 is 10.5 Å². The third kappa shape index (κ3) is 4.05. The number of nitrogens with zero attached hydrogens (tertiary/aromatic N) is 3. The Morgan fingerprint density at radius 2 is 2.00 bits per heavy atom. The summed E-state index contributed by atoms with van der Waals surface area (Å²) >= 11 is 1.33. The smallest absolute Gasteiger partial charge is 0.416 e. The maximum atomic E-state index is 15.3. The van der Waals surface area contributed by atoms with Gasteiger partial charge in [-0.1, -0.05) is 6.07 Å². The largest absolute Gasteiger partial charge is 0.491 e. The lowest BCUT2D eigenvalue weighted by atomic mass is 10.00. The zero-order valence-corrected chi connectivity index (χ0v) is 19.8. The zero-order valence-electron chi connectivity index (χ0n) is 19.0. The molecule has 0 saturated heterocycles. The molecule has 2 aliphatic rings. The highest BCUT2D eigenvalue weighted by atomic mass is 32.1. The van der Waals surface area contributed by atoms with Crippen LogP contribution in [0.1, 0.15) is 44.3 Å². The van der Waals surface area contributed by atoms with E-state index in [1.165, 1.54) is 28.4 Å². The minimum Gasteiger partial charge on any atom is -0.491 e. The van der Waals surface area contributed by atoms with Gasteiger partial charge in [-0.05, 0) is 23.8 Å². The molecule has 7 nitrogen and oxygen atoms in total. The number of amides is 1. The van der Waals surface area contributed by atoms with Gasteiger partial charge in [0, 0.05) is 28.0 Å². The Labute approximate surface area is 211 Å². The molecule has 4 aromatic rings. The molecule has 2 aliphatic heterocycles. The highest BCUT2D eigenvalue weighted by Crippen LogP contribution is 2.42. The van der Waals surface area contributed by atoms with Gasteiger partial charge >= 0.3 is 6.18 Å². The predicted molar refractivity (Wildman–Crippen MR) is 126 cm³/mol. The number of alkyl halides is 3. The summed E-state index contributed by atoms with van der Waals surface area (Å²) < 4.78 is 66.0. The number of carbonyl (C=O) groups excluding carboxylic acids is 1. The van der Waals surface area contributed by atoms with Crippen LogP contribution in [0.3, 0.4) is 0 Å². The van der Waals surface area contributed by atoms with Crippen molar-refractivity contribution in [2.45, 2.75) is 32.0 Å². The Kier molecular flexibility index (Phi) is 5.53. The molecule has 1 unspecified atom stereocenters. The van der Waals surface area contributed by atoms with Gasteiger partial charge in [0.15, 0.2) is 0 Å². The lowest BCUT2D eigenvalue weighted by molar-refractivity contribution is -0.137. The Bertz CT molecular complexity index is 1540. The summed E-state index contributed by atoms with van der Waals surface area (Å²) in [5.41, 5.74) is 9.25. The molecule has 0 bridgehead atoms. The summed E-state index contributed by atoms with van der Waals surface area (Å²) in [6.45, 7) is 0.459. The number of thiazole rings is 1. The highest BCUT2D eigenvalue weighted by Gasteiger charge is 2.38. The van der Waals surface area contributed by atoms with E-state index in [1.54, 1.807) is 10.9 Å². The van der Waals surface area contributed by atoms with Gasteiger partial charge in [0.1, 0.15) is 24.0 Å². The molecule has 2 aromatic heterocycles. The number of fused-ring (bicyclic) bond motifs is 4. The number of aromatic nitrogens is 2. The summed E-state index contributed by atoms with van der Waals surface area (Å²) in [4.78, 5) is 23.7. The van der Waals surface area contributed by atoms with Crippen LogP contribution in [-0.2, 0) is 30.7 Å². The minimum absolute atomic E-state index is 0.00943. The molecular weight excluding hydrogens is 512 g/mol. The van der Waals surface area contributed by atoms with Crippen LogP contribution in [0.15, 0.2) is 41.2 Å². The van der Waals surface area contributed by atoms with E-state index in [9.17, 15) is 18.0 Å². The fraction of sp³-hybridized carbons (Fsp3) is 0.240. The van der Waals surface area contributed by atoms with Crippen molar-refractivity contribution in [3.05, 3.63) is 80.6 Å². The van der Waals surface area contributed by atoms with Crippen molar-refractivity contribution in [2.24, 2.45) is 0 Å². The van der Waals surface area contributed by atoms with Crippen LogP contribution in [-0.4, -0.2) is 27.4 Å². The summed E-state index contributed by atoms with van der Waals surface area (Å²) in [5, 5.41) is 2.30. The first-order valence-corrected chi connectivity index (χ1v) is 12.1. The molecule has 0 saturated carbocycles. The molecule has 6 rings (SSSR count). The minimum atomic E-state index is -4.54. The summed E-state index contributed by atoms with van der Waals surface area (Å²) in [6.07, 6.45) is -4.54. The van der Waals surface area contributed by atoms with E-state index in [2.05, 4.69) is 9.97 Å². The first-order chi connectivity index (χ1) is 17.7. The molecule has 0 spiro atoms. The third-order valence-electron chi connectivity index (χ3n) is 6.60. The van der Waals surface area contributed by atoms with Crippen LogP contribution >= 0.6 is 11.3 Å². The van der Waals surface area contributed by atoms with Crippen molar-refractivity contribution in [1.29, 1.82) is 0 Å². The second-order valence-electron chi connectivity index (χ2n) is 8.79. The number of nitrogen functional groups attached to an aromatic ring is 1. The van der Waals surface area contributed by atoms with Crippen molar-refractivity contribution in [3.63, 3.8) is 0 Å². The molecule has 4 heterocycles. The van der Waals surface area contributed by atoms with Crippen LogP contribution in [0.25, 0.3) is 10.9 Å². The van der Waals surface area contributed by atoms with Gasteiger partial charge in [-0.3, -0.25) is 4.79 Å². The van der Waals surface area contributed by atoms with Crippen molar-refractivity contribution in [1.82, 2.24) is 14.9 Å². The molecule has 12 heteroatoms. The van der Waals surface area contributed by atoms with Gasteiger partial charge in [-0.15, -0.1) is 11.3 Å². The molecule has 0 radical (unpaired) electrons. The molecule has 2 aromatic carbocycles. The van der Waals surface area contributed by atoms with E-state index >= 15 is 4.39 Å². The third-order valence-corrected chi connectivity index (χ3v) is 7.23. The monoisotopic (exact) mass is 530 g/mol. The molecular formula is C25H18F4N4O3S. The predicted octanol–water partition coefficient (Wildman–Crippen LogP) is 5.24. The van der Waals surface area contributed by atoms with Gasteiger partial charge in [0.05, 0.1) is 53.6 Å². The van der Waals surface area contributed by atoms with Gasteiger partial charge in [0.2, 0.25) is 0 Å². The van der Waals surface area contributed by atoms with Crippen LogP contribution in [0.5, 0.6) is 5.75 Å². The number of anilines is 1. The first-order valence-electron chi connectivity index (χ1n) is 11.2. The Balaban J connectivity index is 1.43. The van der Waals surface area contributed by atoms with Gasteiger partial charge in [0.25, 0.3) is 5.91 Å². The van der Waals surface area contributed by atoms with Crippen LogP contribution in [0.2, 0.25) is 0 Å². The van der Waals surface area contributed by atoms with Crippen molar-refractivity contribution in [3.8, 4) is 5.75 Å². The van der Waals surface area contributed by atoms with E-state index in [-0.39, 0.29) is 43.5 Å². The van der Waals surface area contributed by atoms with Crippen molar-refractivity contribution >= 4 is 34.0 Å². The zero-order chi connectivity index (χ0) is 25.9. The van der Waals surface area contributed by atoms with Gasteiger partial charge in [-0.2, -0.15) is 13.2 Å². The Morgan fingerprint density at radius 1 is 1.19 bits per heavy atom. The summed E-state index contributed by atoms with van der Waals surface area (Å²) in [7, 11) is 0.